The van der Waals surface area contributed by atoms with E-state index in [1.165, 1.54) is 0 Å². The Morgan fingerprint density at radius 2 is 1.96 bits per heavy atom. The van der Waals surface area contributed by atoms with Crippen LogP contribution in [0, 0.1) is 0 Å². The number of aliphatic hydroxyl groups is 1. The smallest absolute Gasteiger partial charge is 0.227 e. The fourth-order valence-electron chi connectivity index (χ4n) is 2.64. The molecular weight excluding hydrogens is 358 g/mol. The Morgan fingerprint density at radius 3 is 2.64 bits per heavy atom. The van der Waals surface area contributed by atoms with Gasteiger partial charge in [0.15, 0.2) is 0 Å². The van der Waals surface area contributed by atoms with Crippen molar-refractivity contribution >= 4 is 11.6 Å². The normalized spacial score (nSPS) is 11.3. The number of rotatable bonds is 7. The number of anilines is 1. The third-order valence-corrected chi connectivity index (χ3v) is 4.24. The lowest BCUT2D eigenvalue weighted by atomic mass is 9.98. The molecule has 0 saturated heterocycles. The zero-order chi connectivity index (χ0) is 20.1. The van der Waals surface area contributed by atoms with Crippen LogP contribution in [0.5, 0.6) is 5.75 Å². The van der Waals surface area contributed by atoms with Gasteiger partial charge in [0.2, 0.25) is 17.6 Å². The van der Waals surface area contributed by atoms with Gasteiger partial charge in [0.05, 0.1) is 12.7 Å². The second kappa shape index (κ2) is 8.22. The van der Waals surface area contributed by atoms with Gasteiger partial charge in [-0.3, -0.25) is 4.79 Å². The van der Waals surface area contributed by atoms with Crippen LogP contribution in [0.25, 0.3) is 11.4 Å². The van der Waals surface area contributed by atoms with Crippen molar-refractivity contribution in [2.75, 3.05) is 12.4 Å². The molecule has 0 fully saturated rings. The summed E-state index contributed by atoms with van der Waals surface area (Å²) in [5.74, 6) is 1.44. The molecule has 7 nitrogen and oxygen atoms in total. The summed E-state index contributed by atoms with van der Waals surface area (Å²) in [6.45, 7) is 3.40. The number of hydrogen-bond donors (Lipinski definition) is 2. The predicted molar refractivity (Wildman–Crippen MR) is 105 cm³/mol. The minimum atomic E-state index is -0.970. The molecule has 2 aromatic carbocycles. The highest BCUT2D eigenvalue weighted by molar-refractivity contribution is 5.90. The second-order valence-electron chi connectivity index (χ2n) is 6.93. The molecule has 3 rings (SSSR count). The highest BCUT2D eigenvalue weighted by Crippen LogP contribution is 2.23. The van der Waals surface area contributed by atoms with Crippen LogP contribution in [0.3, 0.4) is 0 Å². The average Bonchev–Trinajstić information content (AvgIpc) is 3.15. The standard InChI is InChI=1S/C21H23N3O4/c1-21(2,26)15-5-4-6-16(13-15)22-18(25)11-12-19-23-20(24-28-19)14-7-9-17(27-3)10-8-14/h4-10,13,26H,11-12H2,1-3H3,(H,22,25). The van der Waals surface area contributed by atoms with E-state index in [9.17, 15) is 9.90 Å². The van der Waals surface area contributed by atoms with Crippen molar-refractivity contribution in [3.8, 4) is 17.1 Å². The summed E-state index contributed by atoms with van der Waals surface area (Å²) in [5.41, 5.74) is 1.20. The van der Waals surface area contributed by atoms with Crippen LogP contribution in [0.1, 0.15) is 31.7 Å². The molecule has 146 valence electrons. The fraction of sp³-hybridized carbons (Fsp3) is 0.286. The molecular formula is C21H23N3O4. The van der Waals surface area contributed by atoms with Crippen molar-refractivity contribution in [2.24, 2.45) is 0 Å². The van der Waals surface area contributed by atoms with Gasteiger partial charge in [0, 0.05) is 24.1 Å². The summed E-state index contributed by atoms with van der Waals surface area (Å²) >= 11 is 0. The molecule has 0 aliphatic carbocycles. The summed E-state index contributed by atoms with van der Waals surface area (Å²) in [4.78, 5) is 16.5. The number of ether oxygens (including phenoxy) is 1. The third-order valence-electron chi connectivity index (χ3n) is 4.24. The van der Waals surface area contributed by atoms with Crippen LogP contribution in [-0.4, -0.2) is 28.3 Å². The van der Waals surface area contributed by atoms with Crippen LogP contribution in [-0.2, 0) is 16.8 Å². The average molecular weight is 381 g/mol. The van der Waals surface area contributed by atoms with E-state index in [-0.39, 0.29) is 12.3 Å². The lowest BCUT2D eigenvalue weighted by Crippen LogP contribution is -2.17. The molecule has 0 saturated carbocycles. The molecule has 28 heavy (non-hydrogen) atoms. The Labute approximate surface area is 163 Å². The maximum Gasteiger partial charge on any atom is 0.227 e. The Kier molecular flexibility index (Phi) is 5.75. The van der Waals surface area contributed by atoms with Crippen molar-refractivity contribution in [1.82, 2.24) is 10.1 Å². The van der Waals surface area contributed by atoms with Crippen LogP contribution < -0.4 is 10.1 Å². The zero-order valence-corrected chi connectivity index (χ0v) is 16.1. The molecule has 1 aromatic heterocycles. The first kappa shape index (κ1) is 19.6. The molecule has 0 radical (unpaired) electrons. The quantitative estimate of drug-likeness (QED) is 0.650. The summed E-state index contributed by atoms with van der Waals surface area (Å²) in [5, 5.41) is 16.9. The van der Waals surface area contributed by atoms with E-state index in [0.29, 0.717) is 23.8 Å². The Hall–Kier alpha value is -3.19. The van der Waals surface area contributed by atoms with Crippen molar-refractivity contribution in [2.45, 2.75) is 32.3 Å². The summed E-state index contributed by atoms with van der Waals surface area (Å²) in [6.07, 6.45) is 0.539. The summed E-state index contributed by atoms with van der Waals surface area (Å²) in [7, 11) is 1.60. The number of nitrogens with one attached hydrogen (secondary N) is 1. The number of hydrogen-bond acceptors (Lipinski definition) is 6. The van der Waals surface area contributed by atoms with Crippen molar-refractivity contribution in [1.29, 1.82) is 0 Å². The van der Waals surface area contributed by atoms with E-state index < -0.39 is 5.60 Å². The molecule has 1 heterocycles. The number of methoxy groups -OCH3 is 1. The lowest BCUT2D eigenvalue weighted by molar-refractivity contribution is -0.116. The Bertz CT molecular complexity index is 943. The molecule has 0 spiro atoms. The predicted octanol–water partition coefficient (Wildman–Crippen LogP) is 3.54. The molecule has 1 amide bonds. The van der Waals surface area contributed by atoms with Gasteiger partial charge in [0.1, 0.15) is 5.75 Å². The van der Waals surface area contributed by atoms with Crippen LogP contribution in [0.2, 0.25) is 0 Å². The minimum absolute atomic E-state index is 0.169. The van der Waals surface area contributed by atoms with Gasteiger partial charge < -0.3 is 19.7 Å². The number of amides is 1. The summed E-state index contributed by atoms with van der Waals surface area (Å²) in [6, 6.07) is 14.5. The van der Waals surface area contributed by atoms with E-state index in [4.69, 9.17) is 9.26 Å². The number of aryl methyl sites for hydroxylation is 1. The number of aromatic nitrogens is 2. The largest absolute Gasteiger partial charge is 0.497 e. The second-order valence-corrected chi connectivity index (χ2v) is 6.93. The van der Waals surface area contributed by atoms with Crippen LogP contribution in [0.4, 0.5) is 5.69 Å². The number of carbonyl (C=O) groups excluding carboxylic acids is 1. The van der Waals surface area contributed by atoms with Crippen molar-refractivity contribution in [3.05, 3.63) is 60.0 Å². The van der Waals surface area contributed by atoms with Gasteiger partial charge in [-0.05, 0) is 55.8 Å². The highest BCUT2D eigenvalue weighted by atomic mass is 16.5. The monoisotopic (exact) mass is 381 g/mol. The number of carbonyl (C=O) groups is 1. The van der Waals surface area contributed by atoms with Gasteiger partial charge in [-0.25, -0.2) is 0 Å². The molecule has 7 heteroatoms. The molecule has 2 N–H and O–H groups in total. The van der Waals surface area contributed by atoms with Crippen LogP contribution >= 0.6 is 0 Å². The van der Waals surface area contributed by atoms with E-state index >= 15 is 0 Å². The molecule has 3 aromatic rings. The van der Waals surface area contributed by atoms with E-state index in [2.05, 4.69) is 15.5 Å². The number of nitrogens with zero attached hydrogens (tertiary/aromatic N) is 2. The molecule has 0 aliphatic rings. The minimum Gasteiger partial charge on any atom is -0.497 e. The van der Waals surface area contributed by atoms with Crippen molar-refractivity contribution in [3.63, 3.8) is 0 Å². The van der Waals surface area contributed by atoms with E-state index in [0.717, 1.165) is 16.9 Å². The third kappa shape index (κ3) is 4.95. The first-order valence-corrected chi connectivity index (χ1v) is 8.95. The SMILES string of the molecule is COc1ccc(-c2noc(CCC(=O)Nc3cccc(C(C)(C)O)c3)n2)cc1. The Morgan fingerprint density at radius 1 is 1.21 bits per heavy atom. The van der Waals surface area contributed by atoms with Gasteiger partial charge in [0.25, 0.3) is 0 Å². The topological polar surface area (TPSA) is 97.5 Å². The lowest BCUT2D eigenvalue weighted by Gasteiger charge is -2.18. The molecule has 0 atom stereocenters. The molecule has 0 unspecified atom stereocenters. The number of benzene rings is 2. The van der Waals surface area contributed by atoms with Crippen LogP contribution in [0.15, 0.2) is 53.1 Å². The van der Waals surface area contributed by atoms with E-state index in [1.54, 1.807) is 39.2 Å². The zero-order valence-electron chi connectivity index (χ0n) is 16.1. The first-order chi connectivity index (χ1) is 13.3. The summed E-state index contributed by atoms with van der Waals surface area (Å²) < 4.78 is 10.4. The molecule has 0 bridgehead atoms. The van der Waals surface area contributed by atoms with Gasteiger partial charge in [-0.2, -0.15) is 4.98 Å². The fourth-order valence-corrected chi connectivity index (χ4v) is 2.64. The maximum absolute atomic E-state index is 12.2. The highest BCUT2D eigenvalue weighted by Gasteiger charge is 2.16. The van der Waals surface area contributed by atoms with Gasteiger partial charge in [-0.15, -0.1) is 0 Å². The maximum atomic E-state index is 12.2. The molecule has 0 aliphatic heterocycles. The van der Waals surface area contributed by atoms with Gasteiger partial charge >= 0.3 is 0 Å². The van der Waals surface area contributed by atoms with Gasteiger partial charge in [-0.1, -0.05) is 17.3 Å². The van der Waals surface area contributed by atoms with Crippen molar-refractivity contribution < 1.29 is 19.2 Å². The Balaban J connectivity index is 1.57. The van der Waals surface area contributed by atoms with E-state index in [1.807, 2.05) is 30.3 Å². The first-order valence-electron chi connectivity index (χ1n) is 8.95.